The molecule has 0 spiro atoms. The largest absolute Gasteiger partial charge is 0.450 e. The molecule has 1 N–H and O–H groups in total. The van der Waals surface area contributed by atoms with Crippen molar-refractivity contribution in [3.05, 3.63) is 29.0 Å². The Labute approximate surface area is 162 Å². The summed E-state index contributed by atoms with van der Waals surface area (Å²) in [5, 5.41) is 2.75. The van der Waals surface area contributed by atoms with Crippen molar-refractivity contribution < 1.29 is 23.5 Å². The third-order valence-electron chi connectivity index (χ3n) is 4.28. The van der Waals surface area contributed by atoms with Crippen LogP contribution in [0.15, 0.2) is 18.2 Å². The molecule has 7 nitrogen and oxygen atoms in total. The molecule has 1 heterocycles. The van der Waals surface area contributed by atoms with Gasteiger partial charge in [0.05, 0.1) is 11.6 Å². The highest BCUT2D eigenvalue weighted by Crippen LogP contribution is 2.23. The summed E-state index contributed by atoms with van der Waals surface area (Å²) in [6.45, 7) is 4.18. The van der Waals surface area contributed by atoms with Crippen molar-refractivity contribution in [2.45, 2.75) is 32.7 Å². The molecule has 27 heavy (non-hydrogen) atoms. The number of nitrogens with one attached hydrogen (secondary N) is 1. The Balaban J connectivity index is 1.90. The van der Waals surface area contributed by atoms with Crippen LogP contribution in [0.25, 0.3) is 0 Å². The van der Waals surface area contributed by atoms with E-state index in [9.17, 15) is 18.8 Å². The number of halogens is 2. The molecule has 0 radical (unpaired) electrons. The van der Waals surface area contributed by atoms with Crippen molar-refractivity contribution in [2.75, 3.05) is 31.1 Å². The predicted molar refractivity (Wildman–Crippen MR) is 99.2 cm³/mol. The van der Waals surface area contributed by atoms with Gasteiger partial charge in [-0.05, 0) is 38.0 Å². The van der Waals surface area contributed by atoms with Crippen LogP contribution in [0.3, 0.4) is 0 Å². The zero-order chi connectivity index (χ0) is 20.0. The second kappa shape index (κ2) is 9.55. The number of hydrogen-bond donors (Lipinski definition) is 1. The average molecular weight is 400 g/mol. The van der Waals surface area contributed by atoms with E-state index in [0.717, 1.165) is 6.07 Å². The molecule has 1 aliphatic heterocycles. The van der Waals surface area contributed by atoms with E-state index in [1.807, 2.05) is 0 Å². The lowest BCUT2D eigenvalue weighted by Crippen LogP contribution is -2.49. The van der Waals surface area contributed by atoms with E-state index in [4.69, 9.17) is 16.3 Å². The molecule has 0 atom stereocenters. The molecule has 0 bridgehead atoms. The first-order valence-corrected chi connectivity index (χ1v) is 9.13. The van der Waals surface area contributed by atoms with E-state index in [2.05, 4.69) is 5.32 Å². The first kappa shape index (κ1) is 21.0. The first-order chi connectivity index (χ1) is 12.8. The Bertz CT molecular complexity index is 708. The van der Waals surface area contributed by atoms with Gasteiger partial charge >= 0.3 is 6.09 Å². The van der Waals surface area contributed by atoms with Crippen LogP contribution in [-0.4, -0.2) is 55.1 Å². The second-order valence-electron chi connectivity index (χ2n) is 6.23. The van der Waals surface area contributed by atoms with Gasteiger partial charge in [-0.15, -0.1) is 0 Å². The van der Waals surface area contributed by atoms with Gasteiger partial charge in [-0.3, -0.25) is 9.59 Å². The molecule has 148 valence electrons. The maximum atomic E-state index is 13.3. The van der Waals surface area contributed by atoms with E-state index >= 15 is 0 Å². The maximum Gasteiger partial charge on any atom is 0.409 e. The highest BCUT2D eigenvalue weighted by Gasteiger charge is 2.25. The smallest absolute Gasteiger partial charge is 0.409 e. The van der Waals surface area contributed by atoms with Gasteiger partial charge < -0.3 is 19.9 Å². The van der Waals surface area contributed by atoms with Gasteiger partial charge in [0.25, 0.3) is 0 Å². The molecular formula is C18H23ClFN3O4. The lowest BCUT2D eigenvalue weighted by Gasteiger charge is -2.32. The van der Waals surface area contributed by atoms with Crippen LogP contribution in [0.1, 0.15) is 26.7 Å². The number of piperidine rings is 1. The van der Waals surface area contributed by atoms with Crippen LogP contribution in [0.2, 0.25) is 5.02 Å². The summed E-state index contributed by atoms with van der Waals surface area (Å²) in [6, 6.07) is 3.77. The lowest BCUT2D eigenvalue weighted by atomic mass is 10.1. The molecule has 1 fully saturated rings. The topological polar surface area (TPSA) is 79.0 Å². The number of amides is 3. The van der Waals surface area contributed by atoms with E-state index in [-0.39, 0.29) is 35.5 Å². The predicted octanol–water partition coefficient (Wildman–Crippen LogP) is 2.57. The number of nitrogens with zero attached hydrogens (tertiary/aromatic N) is 2. The van der Waals surface area contributed by atoms with Gasteiger partial charge in [-0.25, -0.2) is 9.18 Å². The second-order valence-corrected chi connectivity index (χ2v) is 6.64. The SMILES string of the molecule is CCOC(=O)N1CCC(NC(=O)CN(C(C)=O)c2ccc(F)c(Cl)c2)CC1. The number of rotatable bonds is 5. The number of hydrogen-bond acceptors (Lipinski definition) is 4. The van der Waals surface area contributed by atoms with E-state index in [0.29, 0.717) is 38.2 Å². The summed E-state index contributed by atoms with van der Waals surface area (Å²) in [7, 11) is 0. The monoisotopic (exact) mass is 399 g/mol. The van der Waals surface area contributed by atoms with Crippen molar-refractivity contribution in [3.8, 4) is 0 Å². The minimum absolute atomic E-state index is 0.0891. The Morgan fingerprint density at radius 3 is 2.56 bits per heavy atom. The Morgan fingerprint density at radius 1 is 1.33 bits per heavy atom. The van der Waals surface area contributed by atoms with Crippen LogP contribution in [0.4, 0.5) is 14.9 Å². The van der Waals surface area contributed by atoms with Crippen LogP contribution in [0.5, 0.6) is 0 Å². The van der Waals surface area contributed by atoms with Gasteiger partial charge in [-0.2, -0.15) is 0 Å². The Morgan fingerprint density at radius 2 is 2.00 bits per heavy atom. The summed E-state index contributed by atoms with van der Waals surface area (Å²) in [6.07, 6.45) is 0.859. The molecular weight excluding hydrogens is 377 g/mol. The molecule has 1 aromatic rings. The van der Waals surface area contributed by atoms with Gasteiger partial charge in [-0.1, -0.05) is 11.6 Å². The molecule has 0 saturated carbocycles. The van der Waals surface area contributed by atoms with Crippen LogP contribution in [-0.2, 0) is 14.3 Å². The fraction of sp³-hybridized carbons (Fsp3) is 0.500. The van der Waals surface area contributed by atoms with E-state index in [1.54, 1.807) is 11.8 Å². The Kier molecular flexibility index (Phi) is 7.41. The first-order valence-electron chi connectivity index (χ1n) is 8.76. The molecule has 2 rings (SSSR count). The molecule has 9 heteroatoms. The summed E-state index contributed by atoms with van der Waals surface area (Å²) in [5.41, 5.74) is 0.348. The number of carbonyl (C=O) groups is 3. The maximum absolute atomic E-state index is 13.3. The number of carbonyl (C=O) groups excluding carboxylic acids is 3. The molecule has 1 aliphatic rings. The minimum Gasteiger partial charge on any atom is -0.450 e. The van der Waals surface area contributed by atoms with E-state index < -0.39 is 5.82 Å². The number of benzene rings is 1. The van der Waals surface area contributed by atoms with Crippen molar-refractivity contribution in [3.63, 3.8) is 0 Å². The molecule has 3 amide bonds. The van der Waals surface area contributed by atoms with Gasteiger partial charge in [0, 0.05) is 31.7 Å². The zero-order valence-electron chi connectivity index (χ0n) is 15.3. The van der Waals surface area contributed by atoms with Crippen LogP contribution < -0.4 is 10.2 Å². The average Bonchev–Trinajstić information content (AvgIpc) is 2.62. The molecule has 0 aliphatic carbocycles. The molecule has 1 saturated heterocycles. The normalized spacial score (nSPS) is 14.6. The summed E-state index contributed by atoms with van der Waals surface area (Å²) >= 11 is 5.76. The third kappa shape index (κ3) is 5.82. The van der Waals surface area contributed by atoms with Crippen molar-refractivity contribution in [1.29, 1.82) is 0 Å². The van der Waals surface area contributed by atoms with Crippen LogP contribution >= 0.6 is 11.6 Å². The van der Waals surface area contributed by atoms with Crippen molar-refractivity contribution in [2.24, 2.45) is 0 Å². The highest BCUT2D eigenvalue weighted by molar-refractivity contribution is 6.31. The molecule has 1 aromatic carbocycles. The molecule has 0 aromatic heterocycles. The van der Waals surface area contributed by atoms with Crippen molar-refractivity contribution >= 4 is 35.2 Å². The van der Waals surface area contributed by atoms with E-state index in [1.165, 1.54) is 24.0 Å². The quantitative estimate of drug-likeness (QED) is 0.825. The van der Waals surface area contributed by atoms with Crippen LogP contribution in [0, 0.1) is 5.82 Å². The van der Waals surface area contributed by atoms with Gasteiger partial charge in [0.1, 0.15) is 12.4 Å². The van der Waals surface area contributed by atoms with Gasteiger partial charge in [0.15, 0.2) is 0 Å². The number of ether oxygens (including phenoxy) is 1. The lowest BCUT2D eigenvalue weighted by molar-refractivity contribution is -0.123. The summed E-state index contributed by atoms with van der Waals surface area (Å²) in [4.78, 5) is 38.8. The third-order valence-corrected chi connectivity index (χ3v) is 4.57. The summed E-state index contributed by atoms with van der Waals surface area (Å²) in [5.74, 6) is -1.29. The number of anilines is 1. The van der Waals surface area contributed by atoms with Crippen molar-refractivity contribution in [1.82, 2.24) is 10.2 Å². The molecule has 0 unspecified atom stereocenters. The number of likely N-dealkylation sites (tertiary alicyclic amines) is 1. The van der Waals surface area contributed by atoms with Gasteiger partial charge in [0.2, 0.25) is 11.8 Å². The summed E-state index contributed by atoms with van der Waals surface area (Å²) < 4.78 is 18.3. The Hall–Kier alpha value is -2.35. The minimum atomic E-state index is -0.596. The standard InChI is InChI=1S/C18H23ClFN3O4/c1-3-27-18(26)22-8-6-13(7-9-22)21-17(25)11-23(12(2)24)14-4-5-16(20)15(19)10-14/h4-5,10,13H,3,6-9,11H2,1-2H3,(H,21,25). The fourth-order valence-corrected chi connectivity index (χ4v) is 3.05. The highest BCUT2D eigenvalue weighted by atomic mass is 35.5. The zero-order valence-corrected chi connectivity index (χ0v) is 16.1. The fourth-order valence-electron chi connectivity index (χ4n) is 2.88.